The second kappa shape index (κ2) is 5.16. The molecule has 0 aromatic rings. The predicted molar refractivity (Wildman–Crippen MR) is 53.5 cm³/mol. The molecule has 1 atom stereocenters. The molecule has 1 saturated heterocycles. The highest BCUT2D eigenvalue weighted by molar-refractivity contribution is 4.77. The normalized spacial score (nSPS) is 23.0. The van der Waals surface area contributed by atoms with Gasteiger partial charge in [0.15, 0.2) is 0 Å². The van der Waals surface area contributed by atoms with Crippen molar-refractivity contribution in [3.63, 3.8) is 0 Å². The van der Waals surface area contributed by atoms with Gasteiger partial charge in [0.25, 0.3) is 0 Å². The summed E-state index contributed by atoms with van der Waals surface area (Å²) in [6, 6.07) is 0.162. The fraction of sp³-hybridized carbons (Fsp3) is 1.00. The summed E-state index contributed by atoms with van der Waals surface area (Å²) in [4.78, 5) is 1.88. The van der Waals surface area contributed by atoms with Crippen molar-refractivity contribution < 1.29 is 13.2 Å². The summed E-state index contributed by atoms with van der Waals surface area (Å²) in [7, 11) is 0. The van der Waals surface area contributed by atoms with Crippen LogP contribution in [-0.4, -0.2) is 36.8 Å². The Morgan fingerprint density at radius 3 is 2.27 bits per heavy atom. The maximum absolute atomic E-state index is 12.0. The topological polar surface area (TPSA) is 29.3 Å². The Balaban J connectivity index is 2.20. The Labute approximate surface area is 88.6 Å². The second-order valence-electron chi connectivity index (χ2n) is 4.40. The standard InChI is InChI=1S/C10H19F3N2/c1-8(14)9-2-5-15(6-3-9)7-4-10(11,12)13/h8-9H,2-7,14H2,1H3. The van der Waals surface area contributed by atoms with E-state index in [0.717, 1.165) is 25.9 Å². The van der Waals surface area contributed by atoms with Gasteiger partial charge in [0.05, 0.1) is 6.42 Å². The smallest absolute Gasteiger partial charge is 0.328 e. The molecule has 2 N–H and O–H groups in total. The molecule has 1 heterocycles. The lowest BCUT2D eigenvalue weighted by atomic mass is 9.91. The molecule has 0 saturated carbocycles. The molecule has 0 bridgehead atoms. The lowest BCUT2D eigenvalue weighted by Crippen LogP contribution is -2.40. The molecule has 0 aromatic heterocycles. The molecule has 1 unspecified atom stereocenters. The number of hydrogen-bond acceptors (Lipinski definition) is 2. The number of halogens is 3. The molecule has 1 aliphatic rings. The van der Waals surface area contributed by atoms with Crippen LogP contribution in [0.2, 0.25) is 0 Å². The van der Waals surface area contributed by atoms with E-state index in [1.54, 1.807) is 0 Å². The Morgan fingerprint density at radius 2 is 1.87 bits per heavy atom. The van der Waals surface area contributed by atoms with Crippen LogP contribution in [0.15, 0.2) is 0 Å². The van der Waals surface area contributed by atoms with Crippen molar-refractivity contribution in [3.8, 4) is 0 Å². The van der Waals surface area contributed by atoms with Gasteiger partial charge in [-0.25, -0.2) is 0 Å². The van der Waals surface area contributed by atoms with E-state index in [2.05, 4.69) is 0 Å². The first-order chi connectivity index (χ1) is 6.88. The van der Waals surface area contributed by atoms with E-state index in [9.17, 15) is 13.2 Å². The van der Waals surface area contributed by atoms with E-state index in [0.29, 0.717) is 5.92 Å². The van der Waals surface area contributed by atoms with Gasteiger partial charge >= 0.3 is 6.18 Å². The van der Waals surface area contributed by atoms with E-state index in [-0.39, 0.29) is 12.6 Å². The molecule has 0 aliphatic carbocycles. The van der Waals surface area contributed by atoms with Gasteiger partial charge in [-0.3, -0.25) is 0 Å². The summed E-state index contributed by atoms with van der Waals surface area (Å²) in [6.07, 6.45) is -2.88. The van der Waals surface area contributed by atoms with Crippen molar-refractivity contribution in [2.45, 2.75) is 38.4 Å². The summed E-state index contributed by atoms with van der Waals surface area (Å²) in [5.74, 6) is 0.479. The molecule has 90 valence electrons. The van der Waals surface area contributed by atoms with Crippen molar-refractivity contribution >= 4 is 0 Å². The zero-order chi connectivity index (χ0) is 11.5. The highest BCUT2D eigenvalue weighted by Gasteiger charge is 2.29. The molecule has 5 heteroatoms. The minimum absolute atomic E-state index is 0.134. The summed E-state index contributed by atoms with van der Waals surface area (Å²) < 4.78 is 35.9. The van der Waals surface area contributed by atoms with Gasteiger partial charge in [-0.15, -0.1) is 0 Å². The molecule has 2 nitrogen and oxygen atoms in total. The zero-order valence-corrected chi connectivity index (χ0v) is 9.06. The van der Waals surface area contributed by atoms with Crippen LogP contribution in [0.1, 0.15) is 26.2 Å². The lowest BCUT2D eigenvalue weighted by molar-refractivity contribution is -0.138. The van der Waals surface area contributed by atoms with Crippen molar-refractivity contribution in [1.29, 1.82) is 0 Å². The van der Waals surface area contributed by atoms with Gasteiger partial charge in [-0.1, -0.05) is 0 Å². The third-order valence-corrected chi connectivity index (χ3v) is 3.09. The second-order valence-corrected chi connectivity index (χ2v) is 4.40. The molecular formula is C10H19F3N2. The summed E-state index contributed by atoms with van der Waals surface area (Å²) in [5, 5.41) is 0. The van der Waals surface area contributed by atoms with Crippen molar-refractivity contribution in [1.82, 2.24) is 4.90 Å². The molecular weight excluding hydrogens is 205 g/mol. The summed E-state index contributed by atoms with van der Waals surface area (Å²) >= 11 is 0. The van der Waals surface area contributed by atoms with Crippen LogP contribution in [0, 0.1) is 5.92 Å². The zero-order valence-electron chi connectivity index (χ0n) is 9.06. The average molecular weight is 224 g/mol. The first-order valence-electron chi connectivity index (χ1n) is 5.43. The molecule has 1 fully saturated rings. The van der Waals surface area contributed by atoms with E-state index in [4.69, 9.17) is 5.73 Å². The Morgan fingerprint density at radius 1 is 1.33 bits per heavy atom. The van der Waals surface area contributed by atoms with Crippen LogP contribution >= 0.6 is 0 Å². The number of hydrogen-bond donors (Lipinski definition) is 1. The largest absolute Gasteiger partial charge is 0.390 e. The minimum atomic E-state index is -4.03. The quantitative estimate of drug-likeness (QED) is 0.794. The monoisotopic (exact) mass is 224 g/mol. The highest BCUT2D eigenvalue weighted by Crippen LogP contribution is 2.23. The third kappa shape index (κ3) is 4.84. The number of alkyl halides is 3. The van der Waals surface area contributed by atoms with E-state index < -0.39 is 12.6 Å². The fourth-order valence-corrected chi connectivity index (χ4v) is 1.99. The Bertz CT molecular complexity index is 184. The molecule has 0 radical (unpaired) electrons. The van der Waals surface area contributed by atoms with Crippen LogP contribution < -0.4 is 5.73 Å². The minimum Gasteiger partial charge on any atom is -0.328 e. The van der Waals surface area contributed by atoms with Crippen LogP contribution in [0.4, 0.5) is 13.2 Å². The third-order valence-electron chi connectivity index (χ3n) is 3.09. The number of likely N-dealkylation sites (tertiary alicyclic amines) is 1. The summed E-state index contributed by atoms with van der Waals surface area (Å²) in [5.41, 5.74) is 5.76. The molecule has 1 aliphatic heterocycles. The van der Waals surface area contributed by atoms with Gasteiger partial charge in [-0.05, 0) is 38.8 Å². The lowest BCUT2D eigenvalue weighted by Gasteiger charge is -2.33. The number of rotatable bonds is 3. The van der Waals surface area contributed by atoms with Crippen LogP contribution in [0.25, 0.3) is 0 Å². The van der Waals surface area contributed by atoms with Crippen LogP contribution in [-0.2, 0) is 0 Å². The highest BCUT2D eigenvalue weighted by atomic mass is 19.4. The molecule has 1 rings (SSSR count). The first-order valence-corrected chi connectivity index (χ1v) is 5.43. The van der Waals surface area contributed by atoms with Crippen molar-refractivity contribution in [2.75, 3.05) is 19.6 Å². The summed E-state index contributed by atoms with van der Waals surface area (Å²) in [6.45, 7) is 3.61. The fourth-order valence-electron chi connectivity index (χ4n) is 1.99. The van der Waals surface area contributed by atoms with Gasteiger partial charge in [0, 0.05) is 12.6 Å². The van der Waals surface area contributed by atoms with Gasteiger partial charge in [0.2, 0.25) is 0 Å². The predicted octanol–water partition coefficient (Wildman–Crippen LogP) is 2.00. The average Bonchev–Trinajstić information content (AvgIpc) is 2.14. The molecule has 0 aromatic carbocycles. The van der Waals surface area contributed by atoms with Crippen LogP contribution in [0.3, 0.4) is 0 Å². The SMILES string of the molecule is CC(N)C1CCN(CCC(F)(F)F)CC1. The van der Waals surface area contributed by atoms with E-state index >= 15 is 0 Å². The maximum atomic E-state index is 12.0. The van der Waals surface area contributed by atoms with Crippen molar-refractivity contribution in [2.24, 2.45) is 11.7 Å². The van der Waals surface area contributed by atoms with E-state index in [1.165, 1.54) is 0 Å². The Hall–Kier alpha value is -0.290. The molecule has 0 amide bonds. The number of piperidine rings is 1. The molecule has 15 heavy (non-hydrogen) atoms. The van der Waals surface area contributed by atoms with Gasteiger partial charge in [-0.2, -0.15) is 13.2 Å². The number of nitrogens with two attached hydrogens (primary N) is 1. The van der Waals surface area contributed by atoms with E-state index in [1.807, 2.05) is 11.8 Å². The van der Waals surface area contributed by atoms with Gasteiger partial charge in [0.1, 0.15) is 0 Å². The van der Waals surface area contributed by atoms with Gasteiger partial charge < -0.3 is 10.6 Å². The Kier molecular flexibility index (Phi) is 4.40. The van der Waals surface area contributed by atoms with Crippen LogP contribution in [0.5, 0.6) is 0 Å². The number of nitrogens with zero attached hydrogens (tertiary/aromatic N) is 1. The first kappa shape index (κ1) is 12.8. The maximum Gasteiger partial charge on any atom is 0.390 e. The van der Waals surface area contributed by atoms with Crippen molar-refractivity contribution in [3.05, 3.63) is 0 Å². The molecule has 0 spiro atoms.